The zero-order chi connectivity index (χ0) is 16.2. The Labute approximate surface area is 138 Å². The lowest BCUT2D eigenvalue weighted by Gasteiger charge is -2.14. The van der Waals surface area contributed by atoms with Gasteiger partial charge in [-0.3, -0.25) is 4.98 Å². The number of rotatable bonds is 5. The second-order valence-electron chi connectivity index (χ2n) is 4.73. The molecule has 0 atom stereocenters. The van der Waals surface area contributed by atoms with Crippen LogP contribution < -0.4 is 14.2 Å². The third kappa shape index (κ3) is 2.85. The standard InChI is InChI=1S/C17H16N2O3S/c1-20-14-8-12(9-15(21-2)17(14)22-3)16-13(10-23-19-16)11-4-6-18-7-5-11/h4-10H,1-3H3. The van der Waals surface area contributed by atoms with Crippen LogP contribution in [0.5, 0.6) is 17.2 Å². The first-order valence-corrected chi connectivity index (χ1v) is 7.77. The van der Waals surface area contributed by atoms with E-state index in [1.807, 2.05) is 29.6 Å². The average molecular weight is 328 g/mol. The molecule has 2 aromatic heterocycles. The third-order valence-electron chi connectivity index (χ3n) is 3.50. The maximum absolute atomic E-state index is 5.42. The number of pyridine rings is 1. The molecule has 0 unspecified atom stereocenters. The number of hydrogen-bond acceptors (Lipinski definition) is 6. The predicted octanol–water partition coefficient (Wildman–Crippen LogP) is 3.90. The van der Waals surface area contributed by atoms with E-state index in [4.69, 9.17) is 14.2 Å². The van der Waals surface area contributed by atoms with Crippen LogP contribution in [0.15, 0.2) is 42.0 Å². The van der Waals surface area contributed by atoms with Crippen LogP contribution in [0.1, 0.15) is 0 Å². The van der Waals surface area contributed by atoms with Gasteiger partial charge in [0.1, 0.15) is 0 Å². The number of nitrogens with zero attached hydrogens (tertiary/aromatic N) is 2. The summed E-state index contributed by atoms with van der Waals surface area (Å²) >= 11 is 1.41. The van der Waals surface area contributed by atoms with Crippen molar-refractivity contribution in [2.24, 2.45) is 0 Å². The van der Waals surface area contributed by atoms with Gasteiger partial charge in [0.05, 0.1) is 27.0 Å². The molecule has 6 heteroatoms. The van der Waals surface area contributed by atoms with E-state index in [9.17, 15) is 0 Å². The molecular formula is C17H16N2O3S. The fourth-order valence-corrected chi connectivity index (χ4v) is 3.11. The summed E-state index contributed by atoms with van der Waals surface area (Å²) in [6, 6.07) is 7.73. The van der Waals surface area contributed by atoms with E-state index >= 15 is 0 Å². The van der Waals surface area contributed by atoms with E-state index in [-0.39, 0.29) is 0 Å². The summed E-state index contributed by atoms with van der Waals surface area (Å²) in [6.07, 6.45) is 3.54. The molecule has 23 heavy (non-hydrogen) atoms. The minimum absolute atomic E-state index is 0.569. The molecule has 0 saturated carbocycles. The largest absolute Gasteiger partial charge is 0.493 e. The van der Waals surface area contributed by atoms with Gasteiger partial charge in [-0.05, 0) is 41.4 Å². The van der Waals surface area contributed by atoms with Crippen molar-refractivity contribution in [1.82, 2.24) is 9.36 Å². The highest BCUT2D eigenvalue weighted by Crippen LogP contribution is 2.43. The van der Waals surface area contributed by atoms with Gasteiger partial charge < -0.3 is 14.2 Å². The van der Waals surface area contributed by atoms with Crippen molar-refractivity contribution >= 4 is 11.5 Å². The van der Waals surface area contributed by atoms with E-state index in [1.165, 1.54) is 11.5 Å². The first kappa shape index (κ1) is 15.3. The number of aromatic nitrogens is 2. The minimum atomic E-state index is 0.569. The Balaban J connectivity index is 2.15. The van der Waals surface area contributed by atoms with Gasteiger partial charge in [-0.15, -0.1) is 0 Å². The molecule has 0 aliphatic rings. The van der Waals surface area contributed by atoms with Gasteiger partial charge in [-0.1, -0.05) is 0 Å². The molecule has 0 N–H and O–H groups in total. The van der Waals surface area contributed by atoms with Crippen LogP contribution in [0.25, 0.3) is 22.4 Å². The van der Waals surface area contributed by atoms with E-state index < -0.39 is 0 Å². The molecule has 0 fully saturated rings. The Kier molecular flexibility index (Phi) is 4.43. The second kappa shape index (κ2) is 6.66. The van der Waals surface area contributed by atoms with E-state index in [2.05, 4.69) is 9.36 Å². The molecule has 0 aliphatic carbocycles. The summed E-state index contributed by atoms with van der Waals surface area (Å²) in [6.45, 7) is 0. The van der Waals surface area contributed by atoms with Crippen LogP contribution in [-0.2, 0) is 0 Å². The average Bonchev–Trinajstić information content (AvgIpc) is 3.10. The Hall–Kier alpha value is -2.60. The van der Waals surface area contributed by atoms with Crippen LogP contribution in [0.2, 0.25) is 0 Å². The maximum atomic E-state index is 5.42. The van der Waals surface area contributed by atoms with E-state index in [0.29, 0.717) is 17.2 Å². The van der Waals surface area contributed by atoms with Gasteiger partial charge in [0.25, 0.3) is 0 Å². The van der Waals surface area contributed by atoms with Crippen LogP contribution in [0.3, 0.4) is 0 Å². The Bertz CT molecular complexity index is 778. The van der Waals surface area contributed by atoms with Crippen LogP contribution in [0, 0.1) is 0 Å². The molecule has 2 heterocycles. The molecule has 0 saturated heterocycles. The van der Waals surface area contributed by atoms with Gasteiger partial charge in [-0.2, -0.15) is 4.37 Å². The molecule has 0 radical (unpaired) electrons. The fraction of sp³-hybridized carbons (Fsp3) is 0.176. The monoisotopic (exact) mass is 328 g/mol. The summed E-state index contributed by atoms with van der Waals surface area (Å²) in [5, 5.41) is 2.02. The van der Waals surface area contributed by atoms with E-state index in [0.717, 1.165) is 22.4 Å². The summed E-state index contributed by atoms with van der Waals surface area (Å²) in [5.74, 6) is 1.78. The summed E-state index contributed by atoms with van der Waals surface area (Å²) < 4.78 is 20.8. The summed E-state index contributed by atoms with van der Waals surface area (Å²) in [5.41, 5.74) is 3.90. The molecule has 0 amide bonds. The van der Waals surface area contributed by atoms with E-state index in [1.54, 1.807) is 33.7 Å². The molecule has 0 spiro atoms. The van der Waals surface area contributed by atoms with Crippen LogP contribution in [0.4, 0.5) is 0 Å². The molecule has 0 bridgehead atoms. The Morgan fingerprint density at radius 1 is 0.870 bits per heavy atom. The molecular weight excluding hydrogens is 312 g/mol. The highest BCUT2D eigenvalue weighted by molar-refractivity contribution is 7.04. The van der Waals surface area contributed by atoms with Gasteiger partial charge in [0.2, 0.25) is 5.75 Å². The SMILES string of the molecule is COc1cc(-c2nscc2-c2ccncc2)cc(OC)c1OC. The van der Waals surface area contributed by atoms with Crippen molar-refractivity contribution in [1.29, 1.82) is 0 Å². The van der Waals surface area contributed by atoms with Crippen molar-refractivity contribution in [2.45, 2.75) is 0 Å². The summed E-state index contributed by atoms with van der Waals surface area (Å²) in [7, 11) is 4.79. The van der Waals surface area contributed by atoms with Crippen molar-refractivity contribution in [2.75, 3.05) is 21.3 Å². The topological polar surface area (TPSA) is 53.5 Å². The van der Waals surface area contributed by atoms with Gasteiger partial charge in [0, 0.05) is 28.9 Å². The Morgan fingerprint density at radius 3 is 2.09 bits per heavy atom. The quantitative estimate of drug-likeness (QED) is 0.711. The number of ether oxygens (including phenoxy) is 3. The van der Waals surface area contributed by atoms with Crippen molar-refractivity contribution in [3.05, 3.63) is 42.0 Å². The highest BCUT2D eigenvalue weighted by atomic mass is 32.1. The van der Waals surface area contributed by atoms with Crippen LogP contribution >= 0.6 is 11.5 Å². The highest BCUT2D eigenvalue weighted by Gasteiger charge is 2.17. The third-order valence-corrected chi connectivity index (χ3v) is 4.13. The molecule has 3 rings (SSSR count). The molecule has 118 valence electrons. The Morgan fingerprint density at radius 2 is 1.52 bits per heavy atom. The smallest absolute Gasteiger partial charge is 0.203 e. The maximum Gasteiger partial charge on any atom is 0.203 e. The first-order valence-electron chi connectivity index (χ1n) is 6.93. The number of hydrogen-bond donors (Lipinski definition) is 0. The second-order valence-corrected chi connectivity index (χ2v) is 5.36. The van der Waals surface area contributed by atoms with Crippen molar-refractivity contribution < 1.29 is 14.2 Å². The zero-order valence-corrected chi connectivity index (χ0v) is 13.9. The number of methoxy groups -OCH3 is 3. The van der Waals surface area contributed by atoms with Crippen molar-refractivity contribution in [3.8, 4) is 39.6 Å². The summed E-state index contributed by atoms with van der Waals surface area (Å²) in [4.78, 5) is 4.06. The van der Waals surface area contributed by atoms with Crippen LogP contribution in [-0.4, -0.2) is 30.7 Å². The zero-order valence-electron chi connectivity index (χ0n) is 13.1. The van der Waals surface area contributed by atoms with Gasteiger partial charge >= 0.3 is 0 Å². The lowest BCUT2D eigenvalue weighted by molar-refractivity contribution is 0.324. The lowest BCUT2D eigenvalue weighted by Crippen LogP contribution is -1.96. The van der Waals surface area contributed by atoms with Gasteiger partial charge in [0.15, 0.2) is 11.5 Å². The van der Waals surface area contributed by atoms with Crippen molar-refractivity contribution in [3.63, 3.8) is 0 Å². The normalized spacial score (nSPS) is 10.4. The minimum Gasteiger partial charge on any atom is -0.493 e. The lowest BCUT2D eigenvalue weighted by atomic mass is 10.0. The number of benzene rings is 1. The molecule has 5 nitrogen and oxygen atoms in total. The molecule has 1 aromatic carbocycles. The molecule has 0 aliphatic heterocycles. The predicted molar refractivity (Wildman–Crippen MR) is 90.4 cm³/mol. The fourth-order valence-electron chi connectivity index (χ4n) is 2.40. The molecule has 3 aromatic rings. The van der Waals surface area contributed by atoms with Gasteiger partial charge in [-0.25, -0.2) is 0 Å². The first-order chi connectivity index (χ1) is 11.3.